The summed E-state index contributed by atoms with van der Waals surface area (Å²) in [7, 11) is 1.74. The van der Waals surface area contributed by atoms with E-state index in [-0.39, 0.29) is 0 Å². The molecule has 0 radical (unpaired) electrons. The molecule has 0 aliphatic heterocycles. The van der Waals surface area contributed by atoms with Crippen LogP contribution in [0, 0.1) is 13.8 Å². The van der Waals surface area contributed by atoms with E-state index >= 15 is 0 Å². The molecular weight excluding hydrogens is 283 g/mol. The van der Waals surface area contributed by atoms with Crippen LogP contribution >= 0.6 is 23.2 Å². The Labute approximate surface area is 122 Å². The molecular formula is C14H14Cl2N2O. The number of pyridine rings is 1. The molecule has 0 spiro atoms. The number of aryl methyl sites for hydroxylation is 2. The van der Waals surface area contributed by atoms with Gasteiger partial charge in [0.1, 0.15) is 16.6 Å². The van der Waals surface area contributed by atoms with Gasteiger partial charge in [-0.3, -0.25) is 0 Å². The fourth-order valence-electron chi connectivity index (χ4n) is 1.62. The van der Waals surface area contributed by atoms with E-state index in [0.717, 1.165) is 16.9 Å². The lowest BCUT2D eigenvalue weighted by Crippen LogP contribution is -1.97. The number of ether oxygens (including phenoxy) is 1. The van der Waals surface area contributed by atoms with Crippen molar-refractivity contribution in [1.29, 1.82) is 0 Å². The van der Waals surface area contributed by atoms with E-state index in [1.54, 1.807) is 13.1 Å². The Morgan fingerprint density at radius 1 is 1.11 bits per heavy atom. The monoisotopic (exact) mass is 296 g/mol. The summed E-state index contributed by atoms with van der Waals surface area (Å²) in [5, 5.41) is 3.73. The molecule has 0 aliphatic rings. The standard InChI is InChI=1S/C14H14Cl2N2O/c1-8-4-5-9(2)12(6-8)19-14-11(16)7-10(15)13(17-3)18-14/h4-7H,1-3H3,(H,17,18). The number of aromatic nitrogens is 1. The first-order valence-electron chi connectivity index (χ1n) is 5.80. The van der Waals surface area contributed by atoms with Gasteiger partial charge in [-0.2, -0.15) is 4.98 Å². The zero-order valence-corrected chi connectivity index (χ0v) is 12.4. The second kappa shape index (κ2) is 5.68. The summed E-state index contributed by atoms with van der Waals surface area (Å²) in [4.78, 5) is 4.26. The molecule has 3 nitrogen and oxygen atoms in total. The molecule has 19 heavy (non-hydrogen) atoms. The molecule has 100 valence electrons. The lowest BCUT2D eigenvalue weighted by Gasteiger charge is -2.12. The molecule has 0 bridgehead atoms. The zero-order valence-electron chi connectivity index (χ0n) is 10.9. The summed E-state index contributed by atoms with van der Waals surface area (Å²) in [5.74, 6) is 1.61. The van der Waals surface area contributed by atoms with Gasteiger partial charge in [0.15, 0.2) is 0 Å². The average molecular weight is 297 g/mol. The van der Waals surface area contributed by atoms with Gasteiger partial charge >= 0.3 is 0 Å². The maximum Gasteiger partial charge on any atom is 0.240 e. The largest absolute Gasteiger partial charge is 0.437 e. The first-order chi connectivity index (χ1) is 9.01. The van der Waals surface area contributed by atoms with Crippen LogP contribution in [0.4, 0.5) is 5.82 Å². The second-order valence-electron chi connectivity index (χ2n) is 4.23. The predicted molar refractivity (Wildman–Crippen MR) is 79.8 cm³/mol. The Morgan fingerprint density at radius 3 is 2.53 bits per heavy atom. The summed E-state index contributed by atoms with van der Waals surface area (Å²) < 4.78 is 5.78. The molecule has 1 heterocycles. The summed E-state index contributed by atoms with van der Waals surface area (Å²) in [5.41, 5.74) is 2.13. The Bertz CT molecular complexity index is 615. The van der Waals surface area contributed by atoms with Crippen molar-refractivity contribution < 1.29 is 4.74 Å². The van der Waals surface area contributed by atoms with Gasteiger partial charge in [-0.25, -0.2) is 0 Å². The fraction of sp³-hybridized carbons (Fsp3) is 0.214. The van der Waals surface area contributed by atoms with Crippen LogP contribution in [-0.2, 0) is 0 Å². The third-order valence-corrected chi connectivity index (χ3v) is 3.24. The smallest absolute Gasteiger partial charge is 0.240 e. The number of nitrogens with zero attached hydrogens (tertiary/aromatic N) is 1. The van der Waals surface area contributed by atoms with E-state index in [2.05, 4.69) is 10.3 Å². The third kappa shape index (κ3) is 3.11. The number of hydrogen-bond acceptors (Lipinski definition) is 3. The Morgan fingerprint density at radius 2 is 1.84 bits per heavy atom. The molecule has 5 heteroatoms. The van der Waals surface area contributed by atoms with Gasteiger partial charge in [0.25, 0.3) is 0 Å². The molecule has 0 unspecified atom stereocenters. The van der Waals surface area contributed by atoms with Gasteiger partial charge in [0.05, 0.1) is 5.02 Å². The fourth-order valence-corrected chi connectivity index (χ4v) is 2.11. The summed E-state index contributed by atoms with van der Waals surface area (Å²) >= 11 is 12.1. The molecule has 0 aliphatic carbocycles. The number of hydrogen-bond donors (Lipinski definition) is 1. The minimum absolute atomic E-state index is 0.337. The average Bonchev–Trinajstić information content (AvgIpc) is 2.37. The highest BCUT2D eigenvalue weighted by Gasteiger charge is 2.11. The number of benzene rings is 1. The van der Waals surface area contributed by atoms with Crippen molar-refractivity contribution in [2.45, 2.75) is 13.8 Å². The first-order valence-corrected chi connectivity index (χ1v) is 6.55. The minimum atomic E-state index is 0.337. The summed E-state index contributed by atoms with van der Waals surface area (Å²) in [6.45, 7) is 3.97. The topological polar surface area (TPSA) is 34.2 Å². The van der Waals surface area contributed by atoms with E-state index in [9.17, 15) is 0 Å². The lowest BCUT2D eigenvalue weighted by molar-refractivity contribution is 0.460. The van der Waals surface area contributed by atoms with E-state index in [1.165, 1.54) is 0 Å². The van der Waals surface area contributed by atoms with Crippen LogP contribution in [0.15, 0.2) is 24.3 Å². The first kappa shape index (κ1) is 14.0. The number of halogens is 2. The molecule has 1 aromatic carbocycles. The van der Waals surface area contributed by atoms with Crippen molar-refractivity contribution in [3.63, 3.8) is 0 Å². The molecule has 0 saturated heterocycles. The van der Waals surface area contributed by atoms with Gasteiger partial charge < -0.3 is 10.1 Å². The maximum absolute atomic E-state index is 6.10. The van der Waals surface area contributed by atoms with E-state index < -0.39 is 0 Å². The van der Waals surface area contributed by atoms with E-state index in [0.29, 0.717) is 21.7 Å². The van der Waals surface area contributed by atoms with Crippen LogP contribution < -0.4 is 10.1 Å². The lowest BCUT2D eigenvalue weighted by atomic mass is 10.1. The van der Waals surface area contributed by atoms with E-state index in [1.807, 2.05) is 32.0 Å². The summed E-state index contributed by atoms with van der Waals surface area (Å²) in [6, 6.07) is 7.58. The van der Waals surface area contributed by atoms with Crippen molar-refractivity contribution in [1.82, 2.24) is 4.98 Å². The molecule has 2 aromatic rings. The number of rotatable bonds is 3. The van der Waals surface area contributed by atoms with Crippen molar-refractivity contribution in [3.05, 3.63) is 45.4 Å². The number of nitrogens with one attached hydrogen (secondary N) is 1. The van der Waals surface area contributed by atoms with Crippen LogP contribution in [0.1, 0.15) is 11.1 Å². The van der Waals surface area contributed by atoms with Crippen molar-refractivity contribution in [2.75, 3.05) is 12.4 Å². The summed E-state index contributed by atoms with van der Waals surface area (Å²) in [6.07, 6.45) is 0. The molecule has 2 rings (SSSR count). The maximum atomic E-state index is 6.10. The van der Waals surface area contributed by atoms with Gasteiger partial charge in [-0.1, -0.05) is 35.3 Å². The van der Waals surface area contributed by atoms with Crippen LogP contribution in [0.25, 0.3) is 0 Å². The Kier molecular flexibility index (Phi) is 4.17. The molecule has 0 fully saturated rings. The number of anilines is 1. The Hall–Kier alpha value is -1.45. The quantitative estimate of drug-likeness (QED) is 0.880. The minimum Gasteiger partial charge on any atom is -0.437 e. The van der Waals surface area contributed by atoms with Crippen molar-refractivity contribution in [3.8, 4) is 11.6 Å². The van der Waals surface area contributed by atoms with Gasteiger partial charge in [-0.15, -0.1) is 0 Å². The van der Waals surface area contributed by atoms with Crippen molar-refractivity contribution in [2.24, 2.45) is 0 Å². The third-order valence-electron chi connectivity index (χ3n) is 2.68. The molecule has 0 saturated carbocycles. The predicted octanol–water partition coefficient (Wildman–Crippen LogP) is 4.84. The van der Waals surface area contributed by atoms with Crippen LogP contribution in [0.5, 0.6) is 11.6 Å². The van der Waals surface area contributed by atoms with E-state index in [4.69, 9.17) is 27.9 Å². The van der Waals surface area contributed by atoms with Gasteiger partial charge in [0.2, 0.25) is 5.88 Å². The zero-order chi connectivity index (χ0) is 14.0. The van der Waals surface area contributed by atoms with Gasteiger partial charge in [0, 0.05) is 7.05 Å². The van der Waals surface area contributed by atoms with Gasteiger partial charge in [-0.05, 0) is 37.1 Å². The molecule has 0 atom stereocenters. The van der Waals surface area contributed by atoms with Crippen LogP contribution in [-0.4, -0.2) is 12.0 Å². The second-order valence-corrected chi connectivity index (χ2v) is 5.04. The SMILES string of the molecule is CNc1nc(Oc2cc(C)ccc2C)c(Cl)cc1Cl. The van der Waals surface area contributed by atoms with Crippen molar-refractivity contribution >= 4 is 29.0 Å². The highest BCUT2D eigenvalue weighted by atomic mass is 35.5. The Balaban J connectivity index is 2.40. The molecule has 1 aromatic heterocycles. The molecule has 1 N–H and O–H groups in total. The normalized spacial score (nSPS) is 10.4. The molecule has 0 amide bonds. The highest BCUT2D eigenvalue weighted by molar-refractivity contribution is 6.36. The van der Waals surface area contributed by atoms with Crippen LogP contribution in [0.3, 0.4) is 0 Å². The highest BCUT2D eigenvalue weighted by Crippen LogP contribution is 2.34. The van der Waals surface area contributed by atoms with Crippen LogP contribution in [0.2, 0.25) is 10.0 Å².